The average molecular weight is 410 g/mol. The number of ether oxygens (including phenoxy) is 3. The van der Waals surface area contributed by atoms with Crippen molar-refractivity contribution in [2.45, 2.75) is 0 Å². The number of hydrogen-bond acceptors (Lipinski definition) is 8. The Hall–Kier alpha value is -4.08. The Morgan fingerprint density at radius 2 is 1.83 bits per heavy atom. The van der Waals surface area contributed by atoms with E-state index in [0.29, 0.717) is 28.4 Å². The third kappa shape index (κ3) is 4.17. The maximum atomic E-state index is 12.2. The number of nitrogens with one attached hydrogen (secondary N) is 2. The number of rotatable bonds is 7. The van der Waals surface area contributed by atoms with Crippen molar-refractivity contribution in [1.82, 2.24) is 20.8 Å². The number of aromatic nitrogens is 2. The van der Waals surface area contributed by atoms with Gasteiger partial charge in [0.2, 0.25) is 12.6 Å². The Kier molecular flexibility index (Phi) is 5.46. The van der Waals surface area contributed by atoms with Crippen LogP contribution in [0.15, 0.2) is 47.0 Å². The van der Waals surface area contributed by atoms with Crippen LogP contribution < -0.4 is 24.8 Å². The molecule has 1 aromatic heterocycles. The van der Waals surface area contributed by atoms with Gasteiger partial charge in [-0.1, -0.05) is 11.2 Å². The number of carbonyl (C=O) groups is 2. The predicted octanol–water partition coefficient (Wildman–Crippen LogP) is 1.63. The van der Waals surface area contributed by atoms with Crippen LogP contribution in [0.4, 0.5) is 0 Å². The molecular weight excluding hydrogens is 392 g/mol. The summed E-state index contributed by atoms with van der Waals surface area (Å²) in [6.45, 7) is 0.578. The van der Waals surface area contributed by atoms with Gasteiger partial charge in [-0.2, -0.15) is 4.98 Å². The molecule has 1 aliphatic heterocycles. The summed E-state index contributed by atoms with van der Waals surface area (Å²) >= 11 is 0. The van der Waals surface area contributed by atoms with Crippen molar-refractivity contribution in [2.24, 2.45) is 0 Å². The number of benzene rings is 2. The lowest BCUT2D eigenvalue weighted by Crippen LogP contribution is -2.34. The van der Waals surface area contributed by atoms with E-state index < -0.39 is 5.91 Å². The van der Waals surface area contributed by atoms with Crippen LogP contribution in [0, 0.1) is 0 Å². The van der Waals surface area contributed by atoms with E-state index in [0.717, 1.165) is 0 Å². The van der Waals surface area contributed by atoms with Gasteiger partial charge in [0.05, 0.1) is 7.11 Å². The van der Waals surface area contributed by atoms with Gasteiger partial charge in [0.15, 0.2) is 11.5 Å². The van der Waals surface area contributed by atoms with Crippen LogP contribution in [0.1, 0.15) is 21.0 Å². The lowest BCUT2D eigenvalue weighted by Gasteiger charge is -2.07. The molecule has 2 N–H and O–H groups in total. The summed E-state index contributed by atoms with van der Waals surface area (Å²) in [4.78, 5) is 28.4. The molecule has 2 heterocycles. The van der Waals surface area contributed by atoms with E-state index in [1.165, 1.54) is 7.11 Å². The van der Waals surface area contributed by atoms with Crippen molar-refractivity contribution in [3.63, 3.8) is 0 Å². The molecule has 0 fully saturated rings. The Morgan fingerprint density at radius 3 is 2.67 bits per heavy atom. The van der Waals surface area contributed by atoms with Crippen LogP contribution in [0.5, 0.6) is 17.2 Å². The topological polar surface area (TPSA) is 125 Å². The van der Waals surface area contributed by atoms with Crippen molar-refractivity contribution in [1.29, 1.82) is 0 Å². The smallest absolute Gasteiger partial charge is 0.316 e. The van der Waals surface area contributed by atoms with Gasteiger partial charge in [-0.3, -0.25) is 9.59 Å². The van der Waals surface area contributed by atoms with Gasteiger partial charge in [0.1, 0.15) is 5.75 Å². The number of carbonyl (C=O) groups excluding carboxylic acids is 2. The van der Waals surface area contributed by atoms with E-state index >= 15 is 0 Å². The van der Waals surface area contributed by atoms with E-state index in [4.69, 9.17) is 18.7 Å². The van der Waals surface area contributed by atoms with Crippen LogP contribution in [0.25, 0.3) is 11.4 Å². The largest absolute Gasteiger partial charge is 0.497 e. The lowest BCUT2D eigenvalue weighted by atomic mass is 10.2. The van der Waals surface area contributed by atoms with Gasteiger partial charge in [0.25, 0.3) is 5.91 Å². The summed E-state index contributed by atoms with van der Waals surface area (Å²) < 4.78 is 20.7. The molecule has 2 amide bonds. The zero-order chi connectivity index (χ0) is 20.9. The van der Waals surface area contributed by atoms with Crippen LogP contribution >= 0.6 is 0 Å². The van der Waals surface area contributed by atoms with Gasteiger partial charge in [-0.15, -0.1) is 0 Å². The van der Waals surface area contributed by atoms with Crippen LogP contribution in [-0.4, -0.2) is 48.9 Å². The van der Waals surface area contributed by atoms with Gasteiger partial charge >= 0.3 is 11.8 Å². The van der Waals surface area contributed by atoms with E-state index in [2.05, 4.69) is 20.8 Å². The minimum absolute atomic E-state index is 0.160. The number of nitrogens with zero attached hydrogens (tertiary/aromatic N) is 2. The van der Waals surface area contributed by atoms with Crippen molar-refractivity contribution < 1.29 is 28.3 Å². The molecule has 2 aromatic carbocycles. The summed E-state index contributed by atoms with van der Waals surface area (Å²) in [7, 11) is 1.53. The monoisotopic (exact) mass is 410 g/mol. The van der Waals surface area contributed by atoms with Crippen LogP contribution in [0.3, 0.4) is 0 Å². The Morgan fingerprint density at radius 1 is 1.03 bits per heavy atom. The summed E-state index contributed by atoms with van der Waals surface area (Å²) in [5.74, 6) is 1.07. The molecule has 0 atom stereocenters. The third-order valence-corrected chi connectivity index (χ3v) is 4.28. The first-order chi connectivity index (χ1) is 14.6. The SMILES string of the molecule is COc1cccc(C(=O)NCCNC(=O)c2nc(-c3ccc4c(c3)OCO4)no2)c1. The minimum atomic E-state index is -0.537. The first-order valence-electron chi connectivity index (χ1n) is 9.08. The molecule has 0 bridgehead atoms. The Balaban J connectivity index is 1.28. The number of methoxy groups -OCH3 is 1. The zero-order valence-electron chi connectivity index (χ0n) is 16.0. The molecule has 0 spiro atoms. The van der Waals surface area contributed by atoms with E-state index in [1.54, 1.807) is 42.5 Å². The quantitative estimate of drug-likeness (QED) is 0.563. The summed E-state index contributed by atoms with van der Waals surface area (Å²) in [6, 6.07) is 12.0. The predicted molar refractivity (Wildman–Crippen MR) is 104 cm³/mol. The Labute approximate surface area is 171 Å². The molecule has 30 heavy (non-hydrogen) atoms. The Bertz CT molecular complexity index is 1080. The van der Waals surface area contributed by atoms with Crippen molar-refractivity contribution in [2.75, 3.05) is 27.0 Å². The summed E-state index contributed by atoms with van der Waals surface area (Å²) in [5, 5.41) is 9.15. The number of amides is 2. The average Bonchev–Trinajstić information content (AvgIpc) is 3.45. The molecule has 10 nitrogen and oxygen atoms in total. The molecule has 3 aromatic rings. The van der Waals surface area contributed by atoms with E-state index in [-0.39, 0.29) is 37.5 Å². The molecule has 0 radical (unpaired) electrons. The molecule has 154 valence electrons. The second-order valence-corrected chi connectivity index (χ2v) is 6.23. The highest BCUT2D eigenvalue weighted by Gasteiger charge is 2.19. The van der Waals surface area contributed by atoms with Crippen molar-refractivity contribution in [3.05, 3.63) is 53.9 Å². The number of fused-ring (bicyclic) bond motifs is 1. The van der Waals surface area contributed by atoms with Gasteiger partial charge in [-0.05, 0) is 36.4 Å². The highest BCUT2D eigenvalue weighted by Crippen LogP contribution is 2.35. The first kappa shape index (κ1) is 19.2. The van der Waals surface area contributed by atoms with E-state index in [1.807, 2.05) is 0 Å². The summed E-state index contributed by atoms with van der Waals surface area (Å²) in [6.07, 6.45) is 0. The molecule has 0 saturated heterocycles. The molecular formula is C20H18N4O6. The maximum Gasteiger partial charge on any atom is 0.316 e. The minimum Gasteiger partial charge on any atom is -0.497 e. The second kappa shape index (κ2) is 8.52. The summed E-state index contributed by atoms with van der Waals surface area (Å²) in [5.41, 5.74) is 1.10. The fraction of sp³-hybridized carbons (Fsp3) is 0.200. The first-order valence-corrected chi connectivity index (χ1v) is 9.08. The second-order valence-electron chi connectivity index (χ2n) is 6.23. The fourth-order valence-electron chi connectivity index (χ4n) is 2.76. The molecule has 10 heteroatoms. The third-order valence-electron chi connectivity index (χ3n) is 4.28. The van der Waals surface area contributed by atoms with Crippen molar-refractivity contribution in [3.8, 4) is 28.6 Å². The van der Waals surface area contributed by atoms with E-state index in [9.17, 15) is 9.59 Å². The van der Waals surface area contributed by atoms with Gasteiger partial charge in [0, 0.05) is 24.2 Å². The molecule has 0 unspecified atom stereocenters. The zero-order valence-corrected chi connectivity index (χ0v) is 16.0. The maximum absolute atomic E-state index is 12.2. The van der Waals surface area contributed by atoms with Gasteiger partial charge < -0.3 is 29.4 Å². The highest BCUT2D eigenvalue weighted by atomic mass is 16.7. The van der Waals surface area contributed by atoms with Gasteiger partial charge in [-0.25, -0.2) is 0 Å². The fourth-order valence-corrected chi connectivity index (χ4v) is 2.76. The molecule has 1 aliphatic rings. The van der Waals surface area contributed by atoms with Crippen LogP contribution in [0.2, 0.25) is 0 Å². The molecule has 4 rings (SSSR count). The van der Waals surface area contributed by atoms with Crippen molar-refractivity contribution >= 4 is 11.8 Å². The number of hydrogen-bond donors (Lipinski definition) is 2. The molecule has 0 saturated carbocycles. The van der Waals surface area contributed by atoms with Crippen LogP contribution in [-0.2, 0) is 0 Å². The standard InChI is InChI=1S/C20H18N4O6/c1-27-14-4-2-3-13(9-14)18(25)21-7-8-22-19(26)20-23-17(24-30-20)12-5-6-15-16(10-12)29-11-28-15/h2-6,9-10H,7-8,11H2,1H3,(H,21,25)(H,22,26). The molecule has 0 aliphatic carbocycles. The lowest BCUT2D eigenvalue weighted by molar-refractivity contribution is 0.0898. The highest BCUT2D eigenvalue weighted by molar-refractivity contribution is 5.94. The normalized spacial score (nSPS) is 11.8.